The highest BCUT2D eigenvalue weighted by Gasteiger charge is 2.15. The molecule has 0 saturated heterocycles. The normalized spacial score (nSPS) is 11.4. The van der Waals surface area contributed by atoms with E-state index in [9.17, 15) is 10.5 Å². The number of nitriles is 2. The summed E-state index contributed by atoms with van der Waals surface area (Å²) in [6.45, 7) is 11.7. The van der Waals surface area contributed by atoms with Crippen LogP contribution in [0.4, 0.5) is 16.4 Å². The number of aliphatic hydroxyl groups excluding tert-OH is 1. The average Bonchev–Trinajstić information content (AvgIpc) is 3.56. The number of unbranched alkanes of at least 4 members (excludes halogenated alkanes) is 21. The maximum Gasteiger partial charge on any atom is 0.158 e. The van der Waals surface area contributed by atoms with E-state index >= 15 is 0 Å². The largest absolute Gasteiger partial charge is 0.394 e. The summed E-state index contributed by atoms with van der Waals surface area (Å²) in [6, 6.07) is 10.5. The van der Waals surface area contributed by atoms with E-state index in [0.29, 0.717) is 73.9 Å². The van der Waals surface area contributed by atoms with Crippen LogP contribution < -0.4 is 4.90 Å². The molecule has 0 aliphatic rings. The monoisotopic (exact) mass is 838 g/mol. The number of benzene rings is 1. The van der Waals surface area contributed by atoms with Crippen LogP contribution in [-0.2, 0) is 18.9 Å². The van der Waals surface area contributed by atoms with E-state index in [2.05, 4.69) is 46.3 Å². The van der Waals surface area contributed by atoms with Crippen LogP contribution in [0.15, 0.2) is 28.4 Å². The van der Waals surface area contributed by atoms with Crippen LogP contribution >= 0.6 is 11.3 Å². The molecule has 0 aliphatic carbocycles. The Morgan fingerprint density at radius 1 is 0.576 bits per heavy atom. The molecule has 11 heteroatoms. The van der Waals surface area contributed by atoms with Crippen molar-refractivity contribution >= 4 is 27.7 Å². The fraction of sp³-hybridized carbons (Fsp3) is 0.750. The van der Waals surface area contributed by atoms with Crippen molar-refractivity contribution in [3.63, 3.8) is 0 Å². The Labute approximate surface area is 362 Å². The second-order valence-electron chi connectivity index (χ2n) is 15.7. The summed E-state index contributed by atoms with van der Waals surface area (Å²) in [4.78, 5) is 2.89. The summed E-state index contributed by atoms with van der Waals surface area (Å²) < 4.78 is 22.3. The maximum absolute atomic E-state index is 9.59. The standard InChI is InChI=1S/C48H79N5O5S/c1-4-5-6-7-8-9-10-11-12-13-14-15-16-17-18-19-20-21-22-23-24-25-28-53(29-31-55-33-35-57-37-38-58-36-34-56-32-30-54)44-26-27-46(42(2)39-44)51-52-48-45(40-49)43(3)47(41-50)59-48/h26-27,39,54H,4-25,28-38H2,1-3H3. The minimum Gasteiger partial charge on any atom is -0.394 e. The highest BCUT2D eigenvalue weighted by atomic mass is 32.1. The van der Waals surface area contributed by atoms with Crippen molar-refractivity contribution < 1.29 is 24.1 Å². The number of aryl methyl sites for hydroxylation is 1. The third-order valence-corrected chi connectivity index (χ3v) is 11.9. The molecular formula is C48H79N5O5S. The second-order valence-corrected chi connectivity index (χ2v) is 16.7. The van der Waals surface area contributed by atoms with Crippen molar-refractivity contribution in [2.24, 2.45) is 10.2 Å². The van der Waals surface area contributed by atoms with E-state index < -0.39 is 0 Å². The lowest BCUT2D eigenvalue weighted by atomic mass is 10.0. The highest BCUT2D eigenvalue weighted by Crippen LogP contribution is 2.36. The Morgan fingerprint density at radius 3 is 1.47 bits per heavy atom. The van der Waals surface area contributed by atoms with Gasteiger partial charge in [-0.05, 0) is 49.6 Å². The first-order valence-corrected chi connectivity index (χ1v) is 24.0. The molecular weight excluding hydrogens is 759 g/mol. The molecule has 0 unspecified atom stereocenters. The first-order valence-electron chi connectivity index (χ1n) is 23.2. The lowest BCUT2D eigenvalue weighted by Gasteiger charge is -2.25. The molecule has 0 aliphatic heterocycles. The summed E-state index contributed by atoms with van der Waals surface area (Å²) in [6.07, 6.45) is 30.4. The molecule has 1 aromatic heterocycles. The van der Waals surface area contributed by atoms with E-state index in [-0.39, 0.29) is 6.61 Å². The molecule has 0 atom stereocenters. The number of anilines is 1. The van der Waals surface area contributed by atoms with Gasteiger partial charge in [0.2, 0.25) is 0 Å². The van der Waals surface area contributed by atoms with Crippen molar-refractivity contribution in [3.05, 3.63) is 39.8 Å². The molecule has 59 heavy (non-hydrogen) atoms. The summed E-state index contributed by atoms with van der Waals surface area (Å²) >= 11 is 1.20. The van der Waals surface area contributed by atoms with E-state index in [1.54, 1.807) is 6.92 Å². The molecule has 10 nitrogen and oxygen atoms in total. The summed E-state index contributed by atoms with van der Waals surface area (Å²) in [5, 5.41) is 37.0. The van der Waals surface area contributed by atoms with E-state index in [1.165, 1.54) is 146 Å². The quantitative estimate of drug-likeness (QED) is 0.0518. The van der Waals surface area contributed by atoms with Crippen molar-refractivity contribution in [1.82, 2.24) is 0 Å². The molecule has 0 fully saturated rings. The molecule has 1 heterocycles. The van der Waals surface area contributed by atoms with Crippen LogP contribution in [0.3, 0.4) is 0 Å². The SMILES string of the molecule is CCCCCCCCCCCCCCCCCCCCCCCCN(CCOCCOCCOCCOCCO)c1ccc(N=Nc2sc(C#N)c(C)c2C#N)c(C)c1. The molecule has 0 spiro atoms. The fourth-order valence-electron chi connectivity index (χ4n) is 7.14. The van der Waals surface area contributed by atoms with Crippen molar-refractivity contribution in [1.29, 1.82) is 10.5 Å². The first-order chi connectivity index (χ1) is 29.0. The minimum absolute atomic E-state index is 0.0211. The predicted octanol–water partition coefficient (Wildman–Crippen LogP) is 13.0. The topological polar surface area (TPSA) is 133 Å². The smallest absolute Gasteiger partial charge is 0.158 e. The van der Waals surface area contributed by atoms with Gasteiger partial charge < -0.3 is 29.0 Å². The number of aliphatic hydroxyl groups is 1. The summed E-state index contributed by atoms with van der Waals surface area (Å²) in [7, 11) is 0. The van der Waals surface area contributed by atoms with Crippen LogP contribution in [-0.4, -0.2) is 77.7 Å². The molecule has 2 aromatic rings. The van der Waals surface area contributed by atoms with Gasteiger partial charge in [0, 0.05) is 18.8 Å². The average molecular weight is 838 g/mol. The van der Waals surface area contributed by atoms with Crippen molar-refractivity contribution in [3.8, 4) is 12.1 Å². The van der Waals surface area contributed by atoms with Gasteiger partial charge in [-0.1, -0.05) is 142 Å². The Balaban J connectivity index is 1.68. The van der Waals surface area contributed by atoms with Gasteiger partial charge in [-0.2, -0.15) is 10.5 Å². The predicted molar refractivity (Wildman–Crippen MR) is 244 cm³/mol. The first kappa shape index (κ1) is 52.2. The number of thiophene rings is 1. The number of nitrogens with zero attached hydrogens (tertiary/aromatic N) is 5. The van der Waals surface area contributed by atoms with Crippen molar-refractivity contribution in [2.75, 3.05) is 77.5 Å². The van der Waals surface area contributed by atoms with Crippen LogP contribution in [0.25, 0.3) is 0 Å². The minimum atomic E-state index is 0.0211. The molecule has 0 amide bonds. The Hall–Kier alpha value is -2.90. The van der Waals surface area contributed by atoms with Gasteiger partial charge in [-0.3, -0.25) is 0 Å². The lowest BCUT2D eigenvalue weighted by molar-refractivity contribution is -0.00489. The molecule has 1 N–H and O–H groups in total. The number of rotatable bonds is 40. The molecule has 332 valence electrons. The van der Waals surface area contributed by atoms with Crippen LogP contribution in [0, 0.1) is 36.5 Å². The van der Waals surface area contributed by atoms with Gasteiger partial charge in [-0.25, -0.2) is 0 Å². The number of ether oxygens (including phenoxy) is 4. The Bertz CT molecular complexity index is 1440. The third kappa shape index (κ3) is 25.5. The molecule has 2 rings (SSSR count). The van der Waals surface area contributed by atoms with Crippen molar-refractivity contribution in [2.45, 2.75) is 162 Å². The zero-order chi connectivity index (χ0) is 42.4. The maximum atomic E-state index is 9.59. The molecule has 0 bridgehead atoms. The van der Waals surface area contributed by atoms with Crippen LogP contribution in [0.1, 0.15) is 170 Å². The van der Waals surface area contributed by atoms with Gasteiger partial charge in [0.05, 0.1) is 70.7 Å². The van der Waals surface area contributed by atoms with E-state index in [0.717, 1.165) is 36.4 Å². The summed E-state index contributed by atoms with van der Waals surface area (Å²) in [5.74, 6) is 0. The molecule has 1 aromatic carbocycles. The number of azo groups is 1. The van der Waals surface area contributed by atoms with Gasteiger partial charge in [0.1, 0.15) is 17.0 Å². The van der Waals surface area contributed by atoms with Gasteiger partial charge in [-0.15, -0.1) is 21.6 Å². The molecule has 0 radical (unpaired) electrons. The molecule has 0 saturated carbocycles. The number of hydrogen-bond donors (Lipinski definition) is 1. The number of hydrogen-bond acceptors (Lipinski definition) is 11. The fourth-order valence-corrected chi connectivity index (χ4v) is 8.01. The zero-order valence-electron chi connectivity index (χ0n) is 37.3. The lowest BCUT2D eigenvalue weighted by Crippen LogP contribution is -2.29. The van der Waals surface area contributed by atoms with Gasteiger partial charge in [0.15, 0.2) is 5.00 Å². The van der Waals surface area contributed by atoms with E-state index in [4.69, 9.17) is 24.1 Å². The van der Waals surface area contributed by atoms with E-state index in [1.807, 2.05) is 13.0 Å². The van der Waals surface area contributed by atoms with Gasteiger partial charge in [0.25, 0.3) is 0 Å². The Morgan fingerprint density at radius 2 is 1.03 bits per heavy atom. The highest BCUT2D eigenvalue weighted by molar-refractivity contribution is 7.16. The second kappa shape index (κ2) is 36.9. The van der Waals surface area contributed by atoms with Crippen LogP contribution in [0.2, 0.25) is 0 Å². The van der Waals surface area contributed by atoms with Gasteiger partial charge >= 0.3 is 0 Å². The third-order valence-electron chi connectivity index (χ3n) is 10.8. The zero-order valence-corrected chi connectivity index (χ0v) is 38.1. The summed E-state index contributed by atoms with van der Waals surface area (Å²) in [5.41, 5.74) is 3.93. The van der Waals surface area contributed by atoms with Crippen LogP contribution in [0.5, 0.6) is 0 Å². The Kier molecular flexibility index (Phi) is 32.7.